The minimum absolute atomic E-state index is 0.0158. The van der Waals surface area contributed by atoms with Gasteiger partial charge < -0.3 is 44.8 Å². The maximum atomic E-state index is 13.3. The summed E-state index contributed by atoms with van der Waals surface area (Å²) in [5.41, 5.74) is 0.548. The van der Waals surface area contributed by atoms with Gasteiger partial charge in [-0.1, -0.05) is 57.0 Å². The van der Waals surface area contributed by atoms with Crippen molar-refractivity contribution in [2.24, 2.45) is 0 Å². The van der Waals surface area contributed by atoms with Gasteiger partial charge in [0.05, 0.1) is 18.8 Å². The van der Waals surface area contributed by atoms with Gasteiger partial charge in [0.2, 0.25) is 5.91 Å². The number of hydrogen-bond donors (Lipinski definition) is 5. The lowest BCUT2D eigenvalue weighted by atomic mass is 10.2. The Morgan fingerprint density at radius 3 is 2.21 bits per heavy atom. The van der Waals surface area contributed by atoms with Gasteiger partial charge in [-0.2, -0.15) is 0 Å². The third-order valence-electron chi connectivity index (χ3n) is 7.44. The van der Waals surface area contributed by atoms with E-state index in [1.807, 2.05) is 6.07 Å². The molecule has 15 nitrogen and oxygen atoms in total. The van der Waals surface area contributed by atoms with Crippen LogP contribution in [0, 0.1) is 0 Å². The van der Waals surface area contributed by atoms with Crippen molar-refractivity contribution in [1.82, 2.24) is 25.1 Å². The molecular formula is C31H47N6O9P. The van der Waals surface area contributed by atoms with E-state index in [1.54, 1.807) is 24.3 Å². The summed E-state index contributed by atoms with van der Waals surface area (Å²) in [4.78, 5) is 68.0. The first-order chi connectivity index (χ1) is 22.5. The molecule has 1 aromatic heterocycles. The minimum atomic E-state index is -4.72. The molecule has 16 heteroatoms. The van der Waals surface area contributed by atoms with E-state index >= 15 is 0 Å². The van der Waals surface area contributed by atoms with E-state index in [0.29, 0.717) is 24.6 Å². The number of rotatable bonds is 14. The number of hydrogen-bond acceptors (Lipinski definition) is 9. The lowest BCUT2D eigenvalue weighted by Crippen LogP contribution is -2.56. The highest BCUT2D eigenvalue weighted by molar-refractivity contribution is 7.51. The Morgan fingerprint density at radius 1 is 1.02 bits per heavy atom. The number of piperazine rings is 1. The van der Waals surface area contributed by atoms with Crippen molar-refractivity contribution in [3.05, 3.63) is 42.1 Å². The number of anilines is 1. The zero-order valence-corrected chi connectivity index (χ0v) is 27.9. The van der Waals surface area contributed by atoms with Gasteiger partial charge >= 0.3 is 13.7 Å². The van der Waals surface area contributed by atoms with E-state index < -0.39 is 37.7 Å². The second kappa shape index (κ2) is 19.3. The first kappa shape index (κ1) is 37.8. The maximum Gasteiger partial charge on any atom is 0.407 e. The molecule has 5 N–H and O–H groups in total. The fourth-order valence-corrected chi connectivity index (χ4v) is 5.52. The molecule has 1 aromatic carbocycles. The number of unbranched alkanes of at least 4 members (excludes halogenated alkanes) is 2. The topological polar surface area (TPSA) is 204 Å². The maximum absolute atomic E-state index is 13.3. The highest BCUT2D eigenvalue weighted by Crippen LogP contribution is 2.35. The molecule has 0 aliphatic carbocycles. The number of amides is 3. The molecule has 3 amide bonds. The first-order valence-electron chi connectivity index (χ1n) is 16.0. The highest BCUT2D eigenvalue weighted by Gasteiger charge is 2.34. The summed E-state index contributed by atoms with van der Waals surface area (Å²) in [5, 5.41) is 14.8. The lowest BCUT2D eigenvalue weighted by molar-refractivity contribution is -0.134. The number of nitrogens with zero attached hydrogens (tertiary/aromatic N) is 4. The predicted octanol–water partition coefficient (Wildman–Crippen LogP) is 3.05. The molecule has 260 valence electrons. The van der Waals surface area contributed by atoms with Crippen LogP contribution in [-0.4, -0.2) is 123 Å². The van der Waals surface area contributed by atoms with Crippen LogP contribution in [0.4, 0.5) is 10.6 Å². The quantitative estimate of drug-likeness (QED) is 0.145. The van der Waals surface area contributed by atoms with Gasteiger partial charge in [-0.25, -0.2) is 14.8 Å². The van der Waals surface area contributed by atoms with Gasteiger partial charge in [0, 0.05) is 57.6 Å². The molecule has 2 saturated heterocycles. The predicted molar refractivity (Wildman–Crippen MR) is 175 cm³/mol. The van der Waals surface area contributed by atoms with Crippen LogP contribution < -0.4 is 10.6 Å². The molecule has 2 fully saturated rings. The number of ether oxygens (including phenoxy) is 2. The van der Waals surface area contributed by atoms with Crippen LogP contribution in [0.2, 0.25) is 0 Å². The van der Waals surface area contributed by atoms with Crippen LogP contribution in [0.1, 0.15) is 56.4 Å². The van der Waals surface area contributed by atoms with Gasteiger partial charge in [0.1, 0.15) is 17.6 Å². The monoisotopic (exact) mass is 678 g/mol. The summed E-state index contributed by atoms with van der Waals surface area (Å²) in [6, 6.07) is 8.80. The number of benzene rings is 1. The summed E-state index contributed by atoms with van der Waals surface area (Å²) in [6.45, 7) is 7.49. The number of aromatic nitrogens is 2. The average Bonchev–Trinajstić information content (AvgIpc) is 3.57. The van der Waals surface area contributed by atoms with E-state index in [4.69, 9.17) is 14.6 Å². The normalized spacial score (nSPS) is 17.0. The number of nitrogens with one attached hydrogen (secondary N) is 2. The summed E-state index contributed by atoms with van der Waals surface area (Å²) in [6.07, 6.45) is 3.62. The first-order valence-corrected chi connectivity index (χ1v) is 17.8. The molecule has 0 bridgehead atoms. The third-order valence-corrected chi connectivity index (χ3v) is 8.28. The van der Waals surface area contributed by atoms with Crippen molar-refractivity contribution in [3.8, 4) is 11.4 Å². The SMILES string of the molecule is CCCCOCCCC.O=C(N[C@@H](CP(=O)(O)O)C(=O)N1CCN(C(=O)O)CC1)c1cc(N[C@@H]2CCOC2)nc(-c2ccccc2)n1. The summed E-state index contributed by atoms with van der Waals surface area (Å²) in [7, 11) is -4.72. The van der Waals surface area contributed by atoms with Crippen molar-refractivity contribution in [1.29, 1.82) is 0 Å². The number of carbonyl (C=O) groups is 3. The molecule has 0 spiro atoms. The van der Waals surface area contributed by atoms with Gasteiger partial charge in [-0.3, -0.25) is 14.2 Å². The molecule has 4 rings (SSSR count). The summed E-state index contributed by atoms with van der Waals surface area (Å²) in [5.74, 6) is -0.915. The van der Waals surface area contributed by atoms with Crippen LogP contribution in [0.15, 0.2) is 36.4 Å². The van der Waals surface area contributed by atoms with E-state index in [2.05, 4.69) is 34.4 Å². The Morgan fingerprint density at radius 2 is 1.66 bits per heavy atom. The van der Waals surface area contributed by atoms with Gasteiger partial charge in [0.25, 0.3) is 5.91 Å². The molecule has 2 aromatic rings. The molecular weight excluding hydrogens is 631 g/mol. The van der Waals surface area contributed by atoms with Crippen LogP contribution in [0.25, 0.3) is 11.4 Å². The molecule has 2 aliphatic heterocycles. The standard InChI is InChI=1S/C23H29N6O8P.C8H18O/c30-21(26-18(14-38(34,35)36)22(31)28-7-9-29(10-8-28)23(32)33)17-12-19(24-16-6-11-37-13-16)27-20(25-17)15-4-2-1-3-5-15;1-3-5-7-9-8-6-4-2/h1-5,12,16,18H,6-11,13-14H2,(H,26,30)(H,32,33)(H,24,25,27)(H2,34,35,36);3-8H2,1-2H3/t16-,18+;/m1./s1. The molecule has 3 heterocycles. The van der Waals surface area contributed by atoms with Crippen LogP contribution in [0.5, 0.6) is 0 Å². The number of carbonyl (C=O) groups excluding carboxylic acids is 2. The van der Waals surface area contributed by atoms with E-state index in [1.165, 1.54) is 36.6 Å². The fourth-order valence-electron chi connectivity index (χ4n) is 4.80. The smallest absolute Gasteiger partial charge is 0.407 e. The second-order valence-corrected chi connectivity index (χ2v) is 13.0. The van der Waals surface area contributed by atoms with Gasteiger partial charge in [-0.05, 0) is 19.3 Å². The summed E-state index contributed by atoms with van der Waals surface area (Å²) >= 11 is 0. The molecule has 2 atom stereocenters. The Balaban J connectivity index is 0.000000584. The second-order valence-electron chi connectivity index (χ2n) is 11.3. The van der Waals surface area contributed by atoms with E-state index in [9.17, 15) is 28.7 Å². The van der Waals surface area contributed by atoms with Crippen molar-refractivity contribution >= 4 is 31.3 Å². The van der Waals surface area contributed by atoms with Crippen molar-refractivity contribution in [2.45, 2.75) is 58.0 Å². The molecule has 47 heavy (non-hydrogen) atoms. The highest BCUT2D eigenvalue weighted by atomic mass is 31.2. The van der Waals surface area contributed by atoms with Gasteiger partial charge in [0.15, 0.2) is 5.82 Å². The van der Waals surface area contributed by atoms with Crippen molar-refractivity contribution in [3.63, 3.8) is 0 Å². The van der Waals surface area contributed by atoms with Crippen molar-refractivity contribution < 1.29 is 43.3 Å². The fraction of sp³-hybridized carbons (Fsp3) is 0.581. The largest absolute Gasteiger partial charge is 0.465 e. The Labute approximate surface area is 275 Å². The lowest BCUT2D eigenvalue weighted by Gasteiger charge is -2.35. The van der Waals surface area contributed by atoms with Crippen LogP contribution in [-0.2, 0) is 18.8 Å². The van der Waals surface area contributed by atoms with Crippen LogP contribution in [0.3, 0.4) is 0 Å². The number of carboxylic acid groups (broad SMARTS) is 1. The van der Waals surface area contributed by atoms with Gasteiger partial charge in [-0.15, -0.1) is 0 Å². The zero-order valence-electron chi connectivity index (χ0n) is 27.0. The average molecular weight is 679 g/mol. The zero-order chi connectivity index (χ0) is 34.2. The van der Waals surface area contributed by atoms with E-state index in [0.717, 1.165) is 24.5 Å². The summed E-state index contributed by atoms with van der Waals surface area (Å²) < 4.78 is 22.5. The minimum Gasteiger partial charge on any atom is -0.465 e. The Kier molecular flexibility index (Phi) is 15.5. The Hall–Kier alpha value is -3.62. The Bertz CT molecular complexity index is 1330. The molecule has 0 saturated carbocycles. The molecule has 0 unspecified atom stereocenters. The van der Waals surface area contributed by atoms with Crippen molar-refractivity contribution in [2.75, 3.05) is 64.1 Å². The van der Waals surface area contributed by atoms with Crippen LogP contribution >= 0.6 is 7.60 Å². The van der Waals surface area contributed by atoms with E-state index in [-0.39, 0.29) is 43.7 Å². The molecule has 0 radical (unpaired) electrons. The molecule has 2 aliphatic rings. The third kappa shape index (κ3) is 13.2.